The van der Waals surface area contributed by atoms with E-state index < -0.39 is 0 Å². The fraction of sp³-hybridized carbons (Fsp3) is 0.600. The van der Waals surface area contributed by atoms with Crippen molar-refractivity contribution in [3.63, 3.8) is 0 Å². The molecule has 110 valence electrons. The van der Waals surface area contributed by atoms with Crippen molar-refractivity contribution in [1.82, 2.24) is 10.3 Å². The Morgan fingerprint density at radius 3 is 2.90 bits per heavy atom. The summed E-state index contributed by atoms with van der Waals surface area (Å²) in [4.78, 5) is 16.4. The molecule has 0 bridgehead atoms. The molecule has 1 aromatic rings. The summed E-state index contributed by atoms with van der Waals surface area (Å²) in [5.41, 5.74) is 0.524. The molecule has 0 spiro atoms. The Kier molecular flexibility index (Phi) is 5.24. The second-order valence-corrected chi connectivity index (χ2v) is 5.88. The highest BCUT2D eigenvalue weighted by molar-refractivity contribution is 6.33. The number of carbonyl (C=O) groups excluding carboxylic acids is 1. The highest BCUT2D eigenvalue weighted by Crippen LogP contribution is 2.25. The van der Waals surface area contributed by atoms with Crippen molar-refractivity contribution in [1.29, 1.82) is 0 Å². The van der Waals surface area contributed by atoms with Gasteiger partial charge >= 0.3 is 0 Å². The maximum Gasteiger partial charge on any atom is 0.253 e. The van der Waals surface area contributed by atoms with Gasteiger partial charge in [0.05, 0.1) is 10.6 Å². The van der Waals surface area contributed by atoms with E-state index in [2.05, 4.69) is 29.5 Å². The second-order valence-electron chi connectivity index (χ2n) is 5.47. The molecule has 1 aromatic heterocycles. The lowest BCUT2D eigenvalue weighted by Crippen LogP contribution is -2.36. The number of amides is 1. The van der Waals surface area contributed by atoms with Crippen LogP contribution in [0.4, 0.5) is 5.82 Å². The summed E-state index contributed by atoms with van der Waals surface area (Å²) in [7, 11) is 0. The third-order valence-electron chi connectivity index (χ3n) is 3.82. The molecule has 1 fully saturated rings. The molecular weight excluding hydrogens is 274 g/mol. The second kappa shape index (κ2) is 6.93. The molecular formula is C15H22ClN3O. The van der Waals surface area contributed by atoms with Crippen molar-refractivity contribution in [2.45, 2.75) is 45.6 Å². The van der Waals surface area contributed by atoms with Crippen molar-refractivity contribution < 1.29 is 4.79 Å². The van der Waals surface area contributed by atoms with Crippen LogP contribution in [0.1, 0.15) is 49.9 Å². The Bertz CT molecular complexity index is 478. The molecule has 1 aliphatic carbocycles. The van der Waals surface area contributed by atoms with E-state index in [9.17, 15) is 4.79 Å². The smallest absolute Gasteiger partial charge is 0.253 e. The van der Waals surface area contributed by atoms with E-state index in [-0.39, 0.29) is 11.9 Å². The summed E-state index contributed by atoms with van der Waals surface area (Å²) in [6.07, 6.45) is 6.01. The average Bonchev–Trinajstić information content (AvgIpc) is 2.83. The minimum absolute atomic E-state index is 0.0832. The number of rotatable bonds is 5. The Labute approximate surface area is 125 Å². The SMILES string of the molecule is CCCNc1ncc(C(=O)NC2CCCC2C)cc1Cl. The van der Waals surface area contributed by atoms with Crippen molar-refractivity contribution in [3.05, 3.63) is 22.8 Å². The maximum absolute atomic E-state index is 12.2. The third kappa shape index (κ3) is 3.63. The van der Waals surface area contributed by atoms with Crippen LogP contribution in [0.25, 0.3) is 0 Å². The molecule has 2 rings (SSSR count). The zero-order chi connectivity index (χ0) is 14.5. The standard InChI is InChI=1S/C15H22ClN3O/c1-3-7-17-14-12(16)8-11(9-18-14)15(20)19-13-6-4-5-10(13)2/h8-10,13H,3-7H2,1-2H3,(H,17,18)(H,19,20). The van der Waals surface area contributed by atoms with Gasteiger partial charge in [-0.15, -0.1) is 0 Å². The van der Waals surface area contributed by atoms with Crippen LogP contribution in [0.3, 0.4) is 0 Å². The van der Waals surface area contributed by atoms with Gasteiger partial charge in [0, 0.05) is 18.8 Å². The first-order valence-corrected chi connectivity index (χ1v) is 7.70. The molecule has 0 radical (unpaired) electrons. The van der Waals surface area contributed by atoms with E-state index in [0.29, 0.717) is 22.3 Å². The molecule has 4 nitrogen and oxygen atoms in total. The Hall–Kier alpha value is -1.29. The Balaban J connectivity index is 2.01. The third-order valence-corrected chi connectivity index (χ3v) is 4.11. The van der Waals surface area contributed by atoms with Gasteiger partial charge in [0.15, 0.2) is 0 Å². The predicted octanol–water partition coefficient (Wildman–Crippen LogP) is 3.48. The van der Waals surface area contributed by atoms with Gasteiger partial charge in [0.1, 0.15) is 5.82 Å². The van der Waals surface area contributed by atoms with Gasteiger partial charge in [-0.25, -0.2) is 4.98 Å². The number of carbonyl (C=O) groups is 1. The van der Waals surface area contributed by atoms with E-state index in [1.165, 1.54) is 12.8 Å². The van der Waals surface area contributed by atoms with Crippen LogP contribution in [0.2, 0.25) is 5.02 Å². The van der Waals surface area contributed by atoms with Crippen LogP contribution in [0.5, 0.6) is 0 Å². The molecule has 1 amide bonds. The number of nitrogens with one attached hydrogen (secondary N) is 2. The first-order valence-electron chi connectivity index (χ1n) is 7.32. The number of aromatic nitrogens is 1. The van der Waals surface area contributed by atoms with E-state index in [0.717, 1.165) is 19.4 Å². The van der Waals surface area contributed by atoms with Gasteiger partial charge in [-0.3, -0.25) is 4.79 Å². The number of halogens is 1. The first-order chi connectivity index (χ1) is 9.61. The van der Waals surface area contributed by atoms with Gasteiger partial charge in [0.25, 0.3) is 5.91 Å². The van der Waals surface area contributed by atoms with Crippen molar-refractivity contribution in [2.75, 3.05) is 11.9 Å². The molecule has 2 unspecified atom stereocenters. The maximum atomic E-state index is 12.2. The predicted molar refractivity (Wildman–Crippen MR) is 82.3 cm³/mol. The van der Waals surface area contributed by atoms with Gasteiger partial charge in [0.2, 0.25) is 0 Å². The van der Waals surface area contributed by atoms with Crippen LogP contribution in [-0.2, 0) is 0 Å². The quantitative estimate of drug-likeness (QED) is 0.874. The zero-order valence-electron chi connectivity index (χ0n) is 12.1. The molecule has 0 aromatic carbocycles. The van der Waals surface area contributed by atoms with Crippen molar-refractivity contribution in [2.24, 2.45) is 5.92 Å². The minimum atomic E-state index is -0.0832. The fourth-order valence-electron chi connectivity index (χ4n) is 2.55. The molecule has 1 aliphatic rings. The molecule has 2 atom stereocenters. The lowest BCUT2D eigenvalue weighted by Gasteiger charge is -2.17. The molecule has 5 heteroatoms. The highest BCUT2D eigenvalue weighted by Gasteiger charge is 2.25. The summed E-state index contributed by atoms with van der Waals surface area (Å²) in [5, 5.41) is 6.70. The van der Waals surface area contributed by atoms with Gasteiger partial charge < -0.3 is 10.6 Å². The monoisotopic (exact) mass is 295 g/mol. The summed E-state index contributed by atoms with van der Waals surface area (Å²) in [6, 6.07) is 1.96. The van der Waals surface area contributed by atoms with Crippen LogP contribution in [-0.4, -0.2) is 23.5 Å². The number of hydrogen-bond donors (Lipinski definition) is 2. The first kappa shape index (κ1) is 15.1. The number of anilines is 1. The van der Waals surface area contributed by atoms with E-state index in [1.54, 1.807) is 12.3 Å². The lowest BCUT2D eigenvalue weighted by atomic mass is 10.1. The topological polar surface area (TPSA) is 54.0 Å². The highest BCUT2D eigenvalue weighted by atomic mass is 35.5. The molecule has 0 saturated heterocycles. The Morgan fingerprint density at radius 2 is 2.30 bits per heavy atom. The molecule has 0 aliphatic heterocycles. The molecule has 1 saturated carbocycles. The summed E-state index contributed by atoms with van der Waals surface area (Å²) in [5.74, 6) is 1.10. The average molecular weight is 296 g/mol. The largest absolute Gasteiger partial charge is 0.369 e. The summed E-state index contributed by atoms with van der Waals surface area (Å²) in [6.45, 7) is 5.07. The van der Waals surface area contributed by atoms with Crippen LogP contribution >= 0.6 is 11.6 Å². The normalized spacial score (nSPS) is 21.8. The lowest BCUT2D eigenvalue weighted by molar-refractivity contribution is 0.0929. The molecule has 2 N–H and O–H groups in total. The van der Waals surface area contributed by atoms with Crippen LogP contribution in [0.15, 0.2) is 12.3 Å². The van der Waals surface area contributed by atoms with E-state index in [4.69, 9.17) is 11.6 Å². The zero-order valence-corrected chi connectivity index (χ0v) is 12.8. The molecule has 1 heterocycles. The van der Waals surface area contributed by atoms with E-state index >= 15 is 0 Å². The van der Waals surface area contributed by atoms with E-state index in [1.807, 2.05) is 0 Å². The van der Waals surface area contributed by atoms with Crippen molar-refractivity contribution >= 4 is 23.3 Å². The molecule has 20 heavy (non-hydrogen) atoms. The van der Waals surface area contributed by atoms with Gasteiger partial charge in [-0.1, -0.05) is 31.9 Å². The number of hydrogen-bond acceptors (Lipinski definition) is 3. The van der Waals surface area contributed by atoms with Gasteiger partial charge in [-0.2, -0.15) is 0 Å². The number of pyridine rings is 1. The fourth-order valence-corrected chi connectivity index (χ4v) is 2.78. The van der Waals surface area contributed by atoms with Crippen LogP contribution < -0.4 is 10.6 Å². The summed E-state index contributed by atoms with van der Waals surface area (Å²) >= 11 is 6.15. The van der Waals surface area contributed by atoms with Crippen molar-refractivity contribution in [3.8, 4) is 0 Å². The van der Waals surface area contributed by atoms with Gasteiger partial charge in [-0.05, 0) is 31.2 Å². The number of nitrogens with zero attached hydrogens (tertiary/aromatic N) is 1. The van der Waals surface area contributed by atoms with Crippen LogP contribution in [0, 0.1) is 5.92 Å². The summed E-state index contributed by atoms with van der Waals surface area (Å²) < 4.78 is 0. The Morgan fingerprint density at radius 1 is 1.50 bits per heavy atom. The minimum Gasteiger partial charge on any atom is -0.369 e.